The van der Waals surface area contributed by atoms with E-state index in [0.717, 1.165) is 16.5 Å². The highest BCUT2D eigenvalue weighted by atomic mass is 32.2. The maximum Gasteiger partial charge on any atom is 0.262 e. The summed E-state index contributed by atoms with van der Waals surface area (Å²) in [4.78, 5) is 0.237. The lowest BCUT2D eigenvalue weighted by atomic mass is 10.1. The van der Waals surface area contributed by atoms with Crippen LogP contribution in [0.3, 0.4) is 0 Å². The van der Waals surface area contributed by atoms with Crippen LogP contribution in [0.5, 0.6) is 5.75 Å². The van der Waals surface area contributed by atoms with E-state index in [1.807, 2.05) is 13.0 Å². The van der Waals surface area contributed by atoms with Crippen molar-refractivity contribution in [3.8, 4) is 5.75 Å². The molecule has 0 fully saturated rings. The normalized spacial score (nSPS) is 11.6. The first-order valence-electron chi connectivity index (χ1n) is 7.02. The van der Waals surface area contributed by atoms with Gasteiger partial charge in [0.25, 0.3) is 10.0 Å². The molecule has 1 aromatic heterocycles. The largest absolute Gasteiger partial charge is 0.496 e. The van der Waals surface area contributed by atoms with Crippen molar-refractivity contribution in [2.24, 2.45) is 0 Å². The molecular formula is C16H17N3O3S. The van der Waals surface area contributed by atoms with Gasteiger partial charge in [-0.3, -0.25) is 9.82 Å². The Kier molecular flexibility index (Phi) is 3.73. The van der Waals surface area contributed by atoms with Gasteiger partial charge >= 0.3 is 0 Å². The molecule has 1 heterocycles. The van der Waals surface area contributed by atoms with Crippen LogP contribution in [0.4, 0.5) is 5.69 Å². The van der Waals surface area contributed by atoms with Crippen LogP contribution >= 0.6 is 0 Å². The number of aromatic nitrogens is 2. The minimum atomic E-state index is -3.68. The van der Waals surface area contributed by atoms with E-state index in [1.54, 1.807) is 44.5 Å². The number of aromatic amines is 1. The fourth-order valence-corrected chi connectivity index (χ4v) is 3.85. The number of hydrogen-bond donors (Lipinski definition) is 2. The Morgan fingerprint density at radius 1 is 1.13 bits per heavy atom. The van der Waals surface area contributed by atoms with Crippen molar-refractivity contribution in [1.82, 2.24) is 10.2 Å². The number of H-pyrrole nitrogens is 1. The second kappa shape index (κ2) is 5.58. The van der Waals surface area contributed by atoms with Gasteiger partial charge in [0.1, 0.15) is 5.75 Å². The SMILES string of the molecule is COc1cc(C)c(S(=O)(=O)Nc2ccc3cn[nH]c3c2)cc1C. The van der Waals surface area contributed by atoms with Gasteiger partial charge in [0.05, 0.1) is 29.4 Å². The highest BCUT2D eigenvalue weighted by molar-refractivity contribution is 7.92. The Balaban J connectivity index is 1.99. The third-order valence-corrected chi connectivity index (χ3v) is 5.20. The highest BCUT2D eigenvalue weighted by Gasteiger charge is 2.19. The molecule has 3 rings (SSSR count). The molecule has 23 heavy (non-hydrogen) atoms. The van der Waals surface area contributed by atoms with Gasteiger partial charge in [-0.1, -0.05) is 0 Å². The average molecular weight is 331 g/mol. The predicted octanol–water partition coefficient (Wildman–Crippen LogP) is 2.99. The number of benzene rings is 2. The van der Waals surface area contributed by atoms with Crippen LogP contribution in [0.15, 0.2) is 41.4 Å². The van der Waals surface area contributed by atoms with E-state index in [9.17, 15) is 8.42 Å². The molecule has 0 amide bonds. The number of nitrogens with zero attached hydrogens (tertiary/aromatic N) is 1. The van der Waals surface area contributed by atoms with Gasteiger partial charge < -0.3 is 4.74 Å². The fraction of sp³-hybridized carbons (Fsp3) is 0.188. The van der Waals surface area contributed by atoms with E-state index >= 15 is 0 Å². The van der Waals surface area contributed by atoms with E-state index in [0.29, 0.717) is 17.0 Å². The van der Waals surface area contributed by atoms with Gasteiger partial charge in [0.2, 0.25) is 0 Å². The second-order valence-corrected chi connectivity index (χ2v) is 7.02. The topological polar surface area (TPSA) is 84.1 Å². The van der Waals surface area contributed by atoms with Gasteiger partial charge in [-0.15, -0.1) is 0 Å². The lowest BCUT2D eigenvalue weighted by Gasteiger charge is -2.13. The van der Waals surface area contributed by atoms with Crippen LogP contribution in [-0.4, -0.2) is 25.7 Å². The number of fused-ring (bicyclic) bond motifs is 1. The van der Waals surface area contributed by atoms with Crippen molar-refractivity contribution >= 4 is 26.6 Å². The summed E-state index contributed by atoms with van der Waals surface area (Å²) >= 11 is 0. The molecule has 2 N–H and O–H groups in total. The number of aryl methyl sites for hydroxylation is 2. The molecule has 120 valence electrons. The number of ether oxygens (including phenoxy) is 1. The number of anilines is 1. The smallest absolute Gasteiger partial charge is 0.262 e. The van der Waals surface area contributed by atoms with E-state index in [1.165, 1.54) is 0 Å². The Morgan fingerprint density at radius 3 is 2.65 bits per heavy atom. The standard InChI is InChI=1S/C16H17N3O3S/c1-10-7-16(11(2)6-15(10)22-3)23(20,21)19-13-5-4-12-9-17-18-14(12)8-13/h4-9,19H,1-3H3,(H,17,18). The van der Waals surface area contributed by atoms with E-state index in [-0.39, 0.29) is 4.90 Å². The van der Waals surface area contributed by atoms with E-state index in [4.69, 9.17) is 4.74 Å². The van der Waals surface area contributed by atoms with Gasteiger partial charge in [0.15, 0.2) is 0 Å². The summed E-state index contributed by atoms with van der Waals surface area (Å²) in [5.74, 6) is 0.667. The number of nitrogens with one attached hydrogen (secondary N) is 2. The van der Waals surface area contributed by atoms with Crippen molar-refractivity contribution in [3.05, 3.63) is 47.7 Å². The molecule has 7 heteroatoms. The number of rotatable bonds is 4. The molecular weight excluding hydrogens is 314 g/mol. The first-order chi connectivity index (χ1) is 10.9. The molecule has 0 aliphatic carbocycles. The number of sulfonamides is 1. The lowest BCUT2D eigenvalue weighted by Crippen LogP contribution is -2.14. The minimum absolute atomic E-state index is 0.237. The number of methoxy groups -OCH3 is 1. The molecule has 0 spiro atoms. The van der Waals surface area contributed by atoms with Crippen molar-refractivity contribution in [2.75, 3.05) is 11.8 Å². The summed E-state index contributed by atoms with van der Waals surface area (Å²) in [5.41, 5.74) is 2.65. The Labute approximate surface area is 134 Å². The molecule has 0 atom stereocenters. The molecule has 2 aromatic carbocycles. The van der Waals surface area contributed by atoms with Crippen LogP contribution in [0.1, 0.15) is 11.1 Å². The maximum atomic E-state index is 12.7. The predicted molar refractivity (Wildman–Crippen MR) is 89.4 cm³/mol. The van der Waals surface area contributed by atoms with Crippen molar-refractivity contribution < 1.29 is 13.2 Å². The van der Waals surface area contributed by atoms with E-state index < -0.39 is 10.0 Å². The summed E-state index contributed by atoms with van der Waals surface area (Å²) in [6, 6.07) is 8.57. The summed E-state index contributed by atoms with van der Waals surface area (Å²) in [6.07, 6.45) is 1.69. The summed E-state index contributed by atoms with van der Waals surface area (Å²) in [7, 11) is -2.12. The van der Waals surface area contributed by atoms with Gasteiger partial charge in [-0.25, -0.2) is 8.42 Å². The first kappa shape index (κ1) is 15.4. The summed E-state index contributed by atoms with van der Waals surface area (Å²) in [6.45, 7) is 3.56. The average Bonchev–Trinajstić information content (AvgIpc) is 2.96. The molecule has 0 saturated carbocycles. The quantitative estimate of drug-likeness (QED) is 0.770. The zero-order valence-electron chi connectivity index (χ0n) is 13.0. The van der Waals surface area contributed by atoms with Crippen molar-refractivity contribution in [3.63, 3.8) is 0 Å². The molecule has 0 unspecified atom stereocenters. The molecule has 0 radical (unpaired) electrons. The van der Waals surface area contributed by atoms with Crippen LogP contribution in [-0.2, 0) is 10.0 Å². The van der Waals surface area contributed by atoms with Crippen LogP contribution in [0, 0.1) is 13.8 Å². The minimum Gasteiger partial charge on any atom is -0.496 e. The van der Waals surface area contributed by atoms with Gasteiger partial charge in [0, 0.05) is 5.39 Å². The fourth-order valence-electron chi connectivity index (χ4n) is 2.48. The van der Waals surface area contributed by atoms with Gasteiger partial charge in [-0.05, 0) is 55.3 Å². The third-order valence-electron chi connectivity index (χ3n) is 3.68. The van der Waals surface area contributed by atoms with Crippen LogP contribution in [0.2, 0.25) is 0 Å². The maximum absolute atomic E-state index is 12.7. The highest BCUT2D eigenvalue weighted by Crippen LogP contribution is 2.27. The van der Waals surface area contributed by atoms with Crippen molar-refractivity contribution in [2.45, 2.75) is 18.7 Å². The Bertz CT molecular complexity index is 977. The molecule has 0 saturated heterocycles. The molecule has 3 aromatic rings. The van der Waals surface area contributed by atoms with Crippen LogP contribution in [0.25, 0.3) is 10.9 Å². The zero-order valence-corrected chi connectivity index (χ0v) is 13.9. The zero-order chi connectivity index (χ0) is 16.6. The Hall–Kier alpha value is -2.54. The Morgan fingerprint density at radius 2 is 1.91 bits per heavy atom. The van der Waals surface area contributed by atoms with Crippen LogP contribution < -0.4 is 9.46 Å². The third kappa shape index (κ3) is 2.87. The number of hydrogen-bond acceptors (Lipinski definition) is 4. The second-order valence-electron chi connectivity index (χ2n) is 5.36. The molecule has 0 bridgehead atoms. The first-order valence-corrected chi connectivity index (χ1v) is 8.50. The van der Waals surface area contributed by atoms with Gasteiger partial charge in [-0.2, -0.15) is 5.10 Å². The van der Waals surface area contributed by atoms with Crippen molar-refractivity contribution in [1.29, 1.82) is 0 Å². The summed E-state index contributed by atoms with van der Waals surface area (Å²) in [5, 5.41) is 7.67. The monoisotopic (exact) mass is 331 g/mol. The van der Waals surface area contributed by atoms with E-state index in [2.05, 4.69) is 14.9 Å². The molecule has 6 nitrogen and oxygen atoms in total. The summed E-state index contributed by atoms with van der Waals surface area (Å²) < 4.78 is 33.2. The lowest BCUT2D eigenvalue weighted by molar-refractivity contribution is 0.411. The molecule has 0 aliphatic heterocycles. The molecule has 0 aliphatic rings.